The number of likely N-dealkylation sites (N-methyl/N-ethyl adjacent to an activating group) is 1. The molecule has 1 aromatic carbocycles. The number of anilines is 1. The SMILES string of the molecule is CCNC(=O)NCCN(C)c1ccccc1. The summed E-state index contributed by atoms with van der Waals surface area (Å²) in [5, 5.41) is 5.48. The Bertz CT molecular complexity index is 313. The van der Waals surface area contributed by atoms with Crippen molar-refractivity contribution in [1.29, 1.82) is 0 Å². The van der Waals surface area contributed by atoms with Gasteiger partial charge in [-0.2, -0.15) is 0 Å². The third-order valence-electron chi connectivity index (χ3n) is 2.27. The van der Waals surface area contributed by atoms with Gasteiger partial charge in [0, 0.05) is 32.4 Å². The molecule has 2 amide bonds. The first-order chi connectivity index (χ1) is 7.74. The van der Waals surface area contributed by atoms with Crippen molar-refractivity contribution in [1.82, 2.24) is 10.6 Å². The van der Waals surface area contributed by atoms with Crippen LogP contribution in [0.15, 0.2) is 30.3 Å². The second-order valence-corrected chi connectivity index (χ2v) is 3.54. The van der Waals surface area contributed by atoms with Crippen LogP contribution in [0.3, 0.4) is 0 Å². The minimum absolute atomic E-state index is 0.107. The summed E-state index contributed by atoms with van der Waals surface area (Å²) in [5.74, 6) is 0. The van der Waals surface area contributed by atoms with Crippen molar-refractivity contribution in [3.8, 4) is 0 Å². The van der Waals surface area contributed by atoms with Crippen molar-refractivity contribution >= 4 is 11.7 Å². The van der Waals surface area contributed by atoms with Gasteiger partial charge < -0.3 is 15.5 Å². The highest BCUT2D eigenvalue weighted by Gasteiger charge is 2.00. The number of urea groups is 1. The number of carbonyl (C=O) groups is 1. The van der Waals surface area contributed by atoms with Crippen molar-refractivity contribution in [2.24, 2.45) is 0 Å². The summed E-state index contributed by atoms with van der Waals surface area (Å²) in [6, 6.07) is 9.98. The molecule has 88 valence electrons. The van der Waals surface area contributed by atoms with Gasteiger partial charge in [0.1, 0.15) is 0 Å². The number of hydrogen-bond acceptors (Lipinski definition) is 2. The molecule has 0 atom stereocenters. The second kappa shape index (κ2) is 6.71. The lowest BCUT2D eigenvalue weighted by Gasteiger charge is -2.19. The minimum Gasteiger partial charge on any atom is -0.373 e. The summed E-state index contributed by atoms with van der Waals surface area (Å²) < 4.78 is 0. The summed E-state index contributed by atoms with van der Waals surface area (Å²) in [5.41, 5.74) is 1.15. The first-order valence-electron chi connectivity index (χ1n) is 5.52. The average Bonchev–Trinajstić information content (AvgIpc) is 2.30. The van der Waals surface area contributed by atoms with Gasteiger partial charge in [0.2, 0.25) is 0 Å². The first-order valence-corrected chi connectivity index (χ1v) is 5.52. The van der Waals surface area contributed by atoms with E-state index in [0.717, 1.165) is 12.2 Å². The van der Waals surface area contributed by atoms with E-state index < -0.39 is 0 Å². The van der Waals surface area contributed by atoms with Crippen LogP contribution in [-0.4, -0.2) is 32.7 Å². The molecule has 4 heteroatoms. The summed E-state index contributed by atoms with van der Waals surface area (Å²) in [7, 11) is 2.01. The van der Waals surface area contributed by atoms with Crippen LogP contribution in [-0.2, 0) is 0 Å². The predicted octanol–water partition coefficient (Wildman–Crippen LogP) is 1.44. The molecule has 1 rings (SSSR count). The Hall–Kier alpha value is -1.71. The van der Waals surface area contributed by atoms with Gasteiger partial charge in [-0.1, -0.05) is 18.2 Å². The number of nitrogens with zero attached hydrogens (tertiary/aromatic N) is 1. The van der Waals surface area contributed by atoms with Crippen LogP contribution >= 0.6 is 0 Å². The highest BCUT2D eigenvalue weighted by molar-refractivity contribution is 5.73. The molecule has 0 aliphatic rings. The van der Waals surface area contributed by atoms with Gasteiger partial charge in [0.15, 0.2) is 0 Å². The third kappa shape index (κ3) is 4.21. The molecule has 0 aliphatic carbocycles. The number of hydrogen-bond donors (Lipinski definition) is 2. The summed E-state index contributed by atoms with van der Waals surface area (Å²) in [6.07, 6.45) is 0. The third-order valence-corrected chi connectivity index (χ3v) is 2.27. The Kier molecular flexibility index (Phi) is 5.19. The fourth-order valence-corrected chi connectivity index (χ4v) is 1.37. The molecule has 1 aromatic rings. The quantitative estimate of drug-likeness (QED) is 0.790. The molecule has 4 nitrogen and oxygen atoms in total. The van der Waals surface area contributed by atoms with E-state index in [1.165, 1.54) is 0 Å². The monoisotopic (exact) mass is 221 g/mol. The molecule has 0 fully saturated rings. The Labute approximate surface area is 96.6 Å². The zero-order valence-electron chi connectivity index (χ0n) is 9.86. The lowest BCUT2D eigenvalue weighted by atomic mass is 10.3. The molecule has 16 heavy (non-hydrogen) atoms. The normalized spacial score (nSPS) is 9.62. The Morgan fingerprint density at radius 3 is 2.56 bits per heavy atom. The number of rotatable bonds is 5. The molecule has 0 bridgehead atoms. The highest BCUT2D eigenvalue weighted by Crippen LogP contribution is 2.09. The molecule has 0 saturated carbocycles. The molecule has 0 radical (unpaired) electrons. The molecular weight excluding hydrogens is 202 g/mol. The van der Waals surface area contributed by atoms with E-state index in [4.69, 9.17) is 0 Å². The molecule has 0 saturated heterocycles. The van der Waals surface area contributed by atoms with E-state index >= 15 is 0 Å². The van der Waals surface area contributed by atoms with Crippen LogP contribution in [0.1, 0.15) is 6.92 Å². The van der Waals surface area contributed by atoms with Crippen LogP contribution in [0.4, 0.5) is 10.5 Å². The lowest BCUT2D eigenvalue weighted by Crippen LogP contribution is -2.39. The molecule has 0 spiro atoms. The van der Waals surface area contributed by atoms with Gasteiger partial charge >= 0.3 is 6.03 Å². The Morgan fingerprint density at radius 2 is 1.94 bits per heavy atom. The van der Waals surface area contributed by atoms with E-state index in [1.807, 2.05) is 44.3 Å². The van der Waals surface area contributed by atoms with Gasteiger partial charge in [-0.15, -0.1) is 0 Å². The van der Waals surface area contributed by atoms with E-state index in [0.29, 0.717) is 13.1 Å². The molecule has 0 unspecified atom stereocenters. The van der Waals surface area contributed by atoms with Gasteiger partial charge in [-0.25, -0.2) is 4.79 Å². The van der Waals surface area contributed by atoms with Gasteiger partial charge in [-0.05, 0) is 19.1 Å². The van der Waals surface area contributed by atoms with Crippen LogP contribution in [0.25, 0.3) is 0 Å². The van der Waals surface area contributed by atoms with Crippen molar-refractivity contribution < 1.29 is 4.79 Å². The van der Waals surface area contributed by atoms with Crippen LogP contribution in [0.5, 0.6) is 0 Å². The van der Waals surface area contributed by atoms with Crippen LogP contribution in [0.2, 0.25) is 0 Å². The van der Waals surface area contributed by atoms with Crippen LogP contribution in [0, 0.1) is 0 Å². The van der Waals surface area contributed by atoms with Crippen molar-refractivity contribution in [3.63, 3.8) is 0 Å². The van der Waals surface area contributed by atoms with Crippen LogP contribution < -0.4 is 15.5 Å². The topological polar surface area (TPSA) is 44.4 Å². The zero-order valence-corrected chi connectivity index (χ0v) is 9.86. The van der Waals surface area contributed by atoms with E-state index in [1.54, 1.807) is 0 Å². The minimum atomic E-state index is -0.107. The van der Waals surface area contributed by atoms with E-state index in [-0.39, 0.29) is 6.03 Å². The van der Waals surface area contributed by atoms with E-state index in [9.17, 15) is 4.79 Å². The molecular formula is C12H19N3O. The Balaban J connectivity index is 2.26. The number of benzene rings is 1. The second-order valence-electron chi connectivity index (χ2n) is 3.54. The van der Waals surface area contributed by atoms with Crippen molar-refractivity contribution in [3.05, 3.63) is 30.3 Å². The molecule has 0 aromatic heterocycles. The van der Waals surface area contributed by atoms with Gasteiger partial charge in [0.05, 0.1) is 0 Å². The standard InChI is InChI=1S/C12H19N3O/c1-3-13-12(16)14-9-10-15(2)11-7-5-4-6-8-11/h4-8H,3,9-10H2,1-2H3,(H2,13,14,16). The summed E-state index contributed by atoms with van der Waals surface area (Å²) >= 11 is 0. The number of amides is 2. The fourth-order valence-electron chi connectivity index (χ4n) is 1.37. The maximum atomic E-state index is 11.1. The van der Waals surface area contributed by atoms with Gasteiger partial charge in [0.25, 0.3) is 0 Å². The number of para-hydroxylation sites is 1. The highest BCUT2D eigenvalue weighted by atomic mass is 16.2. The lowest BCUT2D eigenvalue weighted by molar-refractivity contribution is 0.241. The number of carbonyl (C=O) groups excluding carboxylic acids is 1. The maximum absolute atomic E-state index is 11.1. The average molecular weight is 221 g/mol. The first kappa shape index (κ1) is 12.4. The molecule has 0 heterocycles. The molecule has 2 N–H and O–H groups in total. The van der Waals surface area contributed by atoms with E-state index in [2.05, 4.69) is 15.5 Å². The largest absolute Gasteiger partial charge is 0.373 e. The van der Waals surface area contributed by atoms with Crippen molar-refractivity contribution in [2.45, 2.75) is 6.92 Å². The summed E-state index contributed by atoms with van der Waals surface area (Å²) in [4.78, 5) is 13.2. The molecule has 0 aliphatic heterocycles. The van der Waals surface area contributed by atoms with Gasteiger partial charge in [-0.3, -0.25) is 0 Å². The number of nitrogens with one attached hydrogen (secondary N) is 2. The predicted molar refractivity (Wildman–Crippen MR) is 66.8 cm³/mol. The summed E-state index contributed by atoms with van der Waals surface area (Å²) in [6.45, 7) is 3.98. The van der Waals surface area contributed by atoms with Crippen molar-refractivity contribution in [2.75, 3.05) is 31.6 Å². The maximum Gasteiger partial charge on any atom is 0.314 e. The smallest absolute Gasteiger partial charge is 0.314 e. The Morgan fingerprint density at radius 1 is 1.25 bits per heavy atom. The zero-order chi connectivity index (χ0) is 11.8. The fraction of sp³-hybridized carbons (Fsp3) is 0.417.